The fourth-order valence-electron chi connectivity index (χ4n) is 2.99. The zero-order valence-electron chi connectivity index (χ0n) is 16.7. The van der Waals surface area contributed by atoms with E-state index in [1.54, 1.807) is 54.6 Å². The van der Waals surface area contributed by atoms with Crippen molar-refractivity contribution in [3.05, 3.63) is 90.5 Å². The molecule has 6 heteroatoms. The number of hydrogen-bond donors (Lipinski definition) is 1. The molecule has 0 saturated carbocycles. The van der Waals surface area contributed by atoms with Crippen molar-refractivity contribution in [3.63, 3.8) is 0 Å². The average Bonchev–Trinajstić information content (AvgIpc) is 2.78. The maximum absolute atomic E-state index is 12.5. The van der Waals surface area contributed by atoms with Crippen molar-refractivity contribution in [3.8, 4) is 5.75 Å². The first kappa shape index (κ1) is 21.6. The number of ketones is 1. The molecule has 155 valence electrons. The van der Waals surface area contributed by atoms with Crippen molar-refractivity contribution in [2.24, 2.45) is 0 Å². The summed E-state index contributed by atoms with van der Waals surface area (Å²) in [5.74, 6) is 0.716. The second kappa shape index (κ2) is 10.1. The molecule has 0 amide bonds. The summed E-state index contributed by atoms with van der Waals surface area (Å²) in [6.07, 6.45) is 0.826. The van der Waals surface area contributed by atoms with Crippen molar-refractivity contribution >= 4 is 21.5 Å². The Morgan fingerprint density at radius 3 is 2.40 bits per heavy atom. The van der Waals surface area contributed by atoms with Gasteiger partial charge in [-0.2, -0.15) is 0 Å². The molecule has 3 rings (SSSR count). The minimum Gasteiger partial charge on any atom is -0.493 e. The lowest BCUT2D eigenvalue weighted by molar-refractivity contribution is -0.119. The molecule has 0 aliphatic carbocycles. The Morgan fingerprint density at radius 2 is 1.77 bits per heavy atom. The minimum atomic E-state index is -3.65. The summed E-state index contributed by atoms with van der Waals surface area (Å²) in [5, 5.41) is 0. The van der Waals surface area contributed by atoms with Gasteiger partial charge in [0, 0.05) is 24.4 Å². The highest BCUT2D eigenvalue weighted by Crippen LogP contribution is 2.25. The van der Waals surface area contributed by atoms with Crippen molar-refractivity contribution < 1.29 is 17.9 Å². The summed E-state index contributed by atoms with van der Waals surface area (Å²) in [6.45, 7) is 2.19. The second-order valence-electron chi connectivity index (χ2n) is 6.88. The molecule has 0 spiro atoms. The summed E-state index contributed by atoms with van der Waals surface area (Å²) >= 11 is 0. The first-order chi connectivity index (χ1) is 14.5. The fraction of sp³-hybridized carbons (Fsp3) is 0.208. The van der Waals surface area contributed by atoms with Gasteiger partial charge in [-0.05, 0) is 48.0 Å². The molecule has 3 aromatic rings. The number of nitrogens with one attached hydrogen (secondary N) is 1. The van der Waals surface area contributed by atoms with Crippen LogP contribution in [0.4, 0.5) is 5.69 Å². The van der Waals surface area contributed by atoms with Crippen LogP contribution in [0, 0.1) is 6.07 Å². The lowest BCUT2D eigenvalue weighted by Crippen LogP contribution is -2.15. The molecule has 0 fully saturated rings. The number of anilines is 1. The van der Waals surface area contributed by atoms with Crippen LogP contribution < -0.4 is 9.46 Å². The molecule has 1 unspecified atom stereocenters. The normalized spacial score (nSPS) is 12.2. The van der Waals surface area contributed by atoms with Gasteiger partial charge in [0.1, 0.15) is 11.5 Å². The van der Waals surface area contributed by atoms with E-state index in [4.69, 9.17) is 4.74 Å². The molecule has 0 aromatic heterocycles. The van der Waals surface area contributed by atoms with E-state index in [1.165, 1.54) is 0 Å². The zero-order valence-corrected chi connectivity index (χ0v) is 17.6. The van der Waals surface area contributed by atoms with Crippen molar-refractivity contribution in [1.29, 1.82) is 0 Å². The molecule has 5 nitrogen and oxygen atoms in total. The molecule has 1 N–H and O–H groups in total. The third kappa shape index (κ3) is 5.94. The lowest BCUT2D eigenvalue weighted by Gasteiger charge is -2.18. The third-order valence-corrected chi connectivity index (χ3v) is 6.08. The molecule has 0 bridgehead atoms. The van der Waals surface area contributed by atoms with Crippen LogP contribution in [0.3, 0.4) is 0 Å². The van der Waals surface area contributed by atoms with Gasteiger partial charge >= 0.3 is 0 Å². The van der Waals surface area contributed by atoms with Crippen LogP contribution in [-0.2, 0) is 14.8 Å². The quantitative estimate of drug-likeness (QED) is 0.508. The van der Waals surface area contributed by atoms with Crippen molar-refractivity contribution in [2.45, 2.75) is 30.6 Å². The molecule has 0 aliphatic heterocycles. The number of hydrogen-bond acceptors (Lipinski definition) is 4. The molecule has 0 saturated heterocycles. The Hall–Kier alpha value is -3.12. The van der Waals surface area contributed by atoms with E-state index in [9.17, 15) is 13.2 Å². The maximum atomic E-state index is 12.5. The van der Waals surface area contributed by atoms with Gasteiger partial charge in [-0.3, -0.25) is 9.52 Å². The van der Waals surface area contributed by atoms with Crippen LogP contribution in [0.15, 0.2) is 83.8 Å². The second-order valence-corrected chi connectivity index (χ2v) is 8.57. The van der Waals surface area contributed by atoms with Gasteiger partial charge in [0.05, 0.1) is 11.5 Å². The summed E-state index contributed by atoms with van der Waals surface area (Å²) in [6, 6.07) is 25.5. The largest absolute Gasteiger partial charge is 0.493 e. The number of sulfonamides is 1. The van der Waals surface area contributed by atoms with Gasteiger partial charge < -0.3 is 4.74 Å². The molecule has 30 heavy (non-hydrogen) atoms. The summed E-state index contributed by atoms with van der Waals surface area (Å²) in [4.78, 5) is 12.3. The highest BCUT2D eigenvalue weighted by molar-refractivity contribution is 7.92. The monoisotopic (exact) mass is 422 g/mol. The molecular weight excluding hydrogens is 398 g/mol. The molecule has 1 radical (unpaired) electrons. The Morgan fingerprint density at radius 1 is 1.03 bits per heavy atom. The summed E-state index contributed by atoms with van der Waals surface area (Å²) < 4.78 is 33.4. The van der Waals surface area contributed by atoms with Gasteiger partial charge in [0.2, 0.25) is 0 Å². The minimum absolute atomic E-state index is 0.127. The van der Waals surface area contributed by atoms with Gasteiger partial charge in [0.15, 0.2) is 0 Å². The number of carbonyl (C=O) groups excluding carboxylic acids is 1. The lowest BCUT2D eigenvalue weighted by atomic mass is 9.93. The van der Waals surface area contributed by atoms with E-state index in [-0.39, 0.29) is 16.6 Å². The Labute approximate surface area is 177 Å². The smallest absolute Gasteiger partial charge is 0.261 e. The Bertz CT molecular complexity index is 1050. The molecule has 1 atom stereocenters. The Kier molecular flexibility index (Phi) is 7.25. The van der Waals surface area contributed by atoms with Crippen LogP contribution in [-0.4, -0.2) is 20.8 Å². The topological polar surface area (TPSA) is 72.5 Å². The molecule has 3 aromatic carbocycles. The van der Waals surface area contributed by atoms with Gasteiger partial charge in [-0.1, -0.05) is 49.4 Å². The van der Waals surface area contributed by atoms with E-state index in [1.807, 2.05) is 31.2 Å². The van der Waals surface area contributed by atoms with E-state index >= 15 is 0 Å². The van der Waals surface area contributed by atoms with Gasteiger partial charge in [-0.15, -0.1) is 0 Å². The van der Waals surface area contributed by atoms with Crippen LogP contribution >= 0.6 is 0 Å². The highest BCUT2D eigenvalue weighted by Gasteiger charge is 2.18. The fourth-order valence-corrected chi connectivity index (χ4v) is 4.07. The number of carbonyl (C=O) groups is 1. The third-order valence-electron chi connectivity index (χ3n) is 4.69. The molecule has 0 aliphatic rings. The summed E-state index contributed by atoms with van der Waals surface area (Å²) in [5.41, 5.74) is 1.38. The first-order valence-corrected chi connectivity index (χ1v) is 11.2. The molecular formula is C24H24NO4S. The van der Waals surface area contributed by atoms with Crippen LogP contribution in [0.1, 0.15) is 31.2 Å². The maximum Gasteiger partial charge on any atom is 0.261 e. The van der Waals surface area contributed by atoms with E-state index in [0.29, 0.717) is 30.9 Å². The van der Waals surface area contributed by atoms with Gasteiger partial charge in [0.25, 0.3) is 10.0 Å². The Balaban J connectivity index is 1.73. The SMILES string of the molecule is CCC(=O)CC(COc1c[c]ccc1)c1ccc(NS(=O)(=O)c2ccccc2)cc1. The van der Waals surface area contributed by atoms with E-state index in [2.05, 4.69) is 10.8 Å². The van der Waals surface area contributed by atoms with E-state index in [0.717, 1.165) is 5.56 Å². The van der Waals surface area contributed by atoms with Gasteiger partial charge in [-0.25, -0.2) is 8.42 Å². The van der Waals surface area contributed by atoms with Crippen LogP contribution in [0.5, 0.6) is 5.75 Å². The number of ether oxygens (including phenoxy) is 1. The van der Waals surface area contributed by atoms with Crippen LogP contribution in [0.25, 0.3) is 0 Å². The molecule has 0 heterocycles. The van der Waals surface area contributed by atoms with Crippen molar-refractivity contribution in [1.82, 2.24) is 0 Å². The highest BCUT2D eigenvalue weighted by atomic mass is 32.2. The first-order valence-electron chi connectivity index (χ1n) is 9.76. The number of Topliss-reactive ketones (excluding diaryl/α,β-unsaturated/α-hetero) is 1. The average molecular weight is 423 g/mol. The van der Waals surface area contributed by atoms with Crippen molar-refractivity contribution in [2.75, 3.05) is 11.3 Å². The summed E-state index contributed by atoms with van der Waals surface area (Å²) in [7, 11) is -3.65. The number of rotatable bonds is 10. The van der Waals surface area contributed by atoms with Crippen LogP contribution in [0.2, 0.25) is 0 Å². The van der Waals surface area contributed by atoms with E-state index < -0.39 is 10.0 Å². The standard InChI is InChI=1S/C24H24NO4S/c1-2-22(26)17-20(18-29-23-9-5-3-6-10-23)19-13-15-21(16-14-19)25-30(27,28)24-11-7-4-8-12-24/h3-5,7-16,20,25H,2,17-18H2,1H3. The number of benzene rings is 3. The predicted molar refractivity (Wildman–Crippen MR) is 117 cm³/mol. The predicted octanol–water partition coefficient (Wildman–Crippen LogP) is 4.82. The zero-order chi connectivity index (χ0) is 21.4.